The molecule has 0 radical (unpaired) electrons. The molecule has 1 heterocycles. The molecule has 0 aliphatic rings. The lowest BCUT2D eigenvalue weighted by Crippen LogP contribution is -2.14. The number of ether oxygens (including phenoxy) is 1. The van der Waals surface area contributed by atoms with Gasteiger partial charge in [0.2, 0.25) is 0 Å². The lowest BCUT2D eigenvalue weighted by Gasteiger charge is -2.17. The van der Waals surface area contributed by atoms with E-state index in [1.165, 1.54) is 0 Å². The highest BCUT2D eigenvalue weighted by Gasteiger charge is 2.20. The van der Waals surface area contributed by atoms with Crippen molar-refractivity contribution < 1.29 is 13.2 Å². The van der Waals surface area contributed by atoms with Crippen molar-refractivity contribution in [1.29, 1.82) is 0 Å². The van der Waals surface area contributed by atoms with Crippen LogP contribution in [0.4, 0.5) is 5.69 Å². The Balaban J connectivity index is 1.64. The molecule has 32 heavy (non-hydrogen) atoms. The topological polar surface area (TPSA) is 71.2 Å². The van der Waals surface area contributed by atoms with E-state index in [1.54, 1.807) is 36.5 Å². The predicted molar refractivity (Wildman–Crippen MR) is 130 cm³/mol. The number of anilines is 1. The zero-order valence-electron chi connectivity index (χ0n) is 17.5. The molecule has 0 fully saturated rings. The van der Waals surface area contributed by atoms with Crippen LogP contribution in [0, 0.1) is 0 Å². The van der Waals surface area contributed by atoms with Crippen molar-refractivity contribution in [2.24, 2.45) is 0 Å². The van der Waals surface area contributed by atoms with Crippen molar-refractivity contribution in [2.45, 2.75) is 31.3 Å². The number of fused-ring (bicyclic) bond motifs is 1. The number of nitrogens with one attached hydrogen (secondary N) is 2. The number of hydrogen-bond acceptors (Lipinski definition) is 3. The number of benzene rings is 3. The van der Waals surface area contributed by atoms with Crippen LogP contribution < -0.4 is 9.46 Å². The second-order valence-corrected chi connectivity index (χ2v) is 10.2. The maximum absolute atomic E-state index is 13.2. The van der Waals surface area contributed by atoms with E-state index in [9.17, 15) is 8.42 Å². The molecule has 0 atom stereocenters. The van der Waals surface area contributed by atoms with Crippen LogP contribution in [0.3, 0.4) is 0 Å². The molecule has 166 valence electrons. The first-order valence-corrected chi connectivity index (χ1v) is 12.3. The van der Waals surface area contributed by atoms with Gasteiger partial charge in [-0.1, -0.05) is 67.4 Å². The molecule has 0 unspecified atom stereocenters. The maximum Gasteiger partial charge on any atom is 0.261 e. The van der Waals surface area contributed by atoms with Crippen LogP contribution in [-0.2, 0) is 16.6 Å². The van der Waals surface area contributed by atoms with E-state index in [2.05, 4.69) is 9.71 Å². The van der Waals surface area contributed by atoms with Gasteiger partial charge in [-0.05, 0) is 47.4 Å². The normalized spacial score (nSPS) is 11.8. The first kappa shape index (κ1) is 22.5. The molecule has 1 aromatic heterocycles. The van der Waals surface area contributed by atoms with Crippen LogP contribution in [0.5, 0.6) is 5.75 Å². The summed E-state index contributed by atoms with van der Waals surface area (Å²) in [4.78, 5) is 3.13. The Bertz CT molecular complexity index is 1370. The van der Waals surface area contributed by atoms with Gasteiger partial charge in [-0.2, -0.15) is 0 Å². The van der Waals surface area contributed by atoms with Gasteiger partial charge in [-0.15, -0.1) is 0 Å². The maximum atomic E-state index is 13.2. The highest BCUT2D eigenvalue weighted by atomic mass is 35.5. The zero-order chi connectivity index (χ0) is 22.9. The summed E-state index contributed by atoms with van der Waals surface area (Å²) in [5.41, 5.74) is 2.75. The first-order chi connectivity index (χ1) is 15.3. The summed E-state index contributed by atoms with van der Waals surface area (Å²) in [6.07, 6.45) is 1.58. The quantitative estimate of drug-likeness (QED) is 0.294. The summed E-state index contributed by atoms with van der Waals surface area (Å²) in [6.45, 7) is 4.40. The van der Waals surface area contributed by atoms with Gasteiger partial charge in [0.15, 0.2) is 0 Å². The van der Waals surface area contributed by atoms with Crippen LogP contribution in [0.25, 0.3) is 10.9 Å². The molecule has 0 aliphatic heterocycles. The summed E-state index contributed by atoms with van der Waals surface area (Å²) in [5.74, 6) is 0.730. The molecule has 5 nitrogen and oxygen atoms in total. The SMILES string of the molecule is CC(C)c1cc(S(=O)(=O)Nc2ccc(Cl)c3c(Cl)c[nH]c23)ccc1OCc1ccccc1. The zero-order valence-corrected chi connectivity index (χ0v) is 19.9. The molecule has 0 saturated heterocycles. The number of sulfonamides is 1. The second kappa shape index (κ2) is 9.06. The van der Waals surface area contributed by atoms with Crippen LogP contribution in [0.15, 0.2) is 71.8 Å². The third-order valence-electron chi connectivity index (χ3n) is 5.13. The van der Waals surface area contributed by atoms with E-state index in [0.717, 1.165) is 11.1 Å². The fourth-order valence-corrected chi connectivity index (χ4v) is 5.13. The third-order valence-corrected chi connectivity index (χ3v) is 7.11. The standard InChI is InChI=1S/C24H22Cl2N2O3S/c1-15(2)18-12-17(8-11-22(18)31-14-16-6-4-3-5-7-16)32(29,30)28-21-10-9-19(25)23-20(26)13-27-24(21)23/h3-13,15,27-28H,14H2,1-2H3. The van der Waals surface area contributed by atoms with Crippen LogP contribution in [0.1, 0.15) is 30.9 Å². The molecule has 3 aromatic carbocycles. The minimum Gasteiger partial charge on any atom is -0.489 e. The van der Waals surface area contributed by atoms with E-state index in [1.807, 2.05) is 44.2 Å². The highest BCUT2D eigenvalue weighted by Crippen LogP contribution is 2.36. The fraction of sp³-hybridized carbons (Fsp3) is 0.167. The van der Waals surface area contributed by atoms with Crippen molar-refractivity contribution in [3.8, 4) is 5.75 Å². The lowest BCUT2D eigenvalue weighted by molar-refractivity contribution is 0.301. The van der Waals surface area contributed by atoms with Crippen LogP contribution in [-0.4, -0.2) is 13.4 Å². The summed E-state index contributed by atoms with van der Waals surface area (Å²) in [6, 6.07) is 17.9. The molecule has 0 aliphatic carbocycles. The van der Waals surface area contributed by atoms with Gasteiger partial charge in [0, 0.05) is 11.6 Å². The summed E-state index contributed by atoms with van der Waals surface area (Å²) in [7, 11) is -3.86. The van der Waals surface area contributed by atoms with E-state index >= 15 is 0 Å². The molecule has 0 bridgehead atoms. The summed E-state index contributed by atoms with van der Waals surface area (Å²) >= 11 is 12.4. The molecule has 8 heteroatoms. The number of rotatable bonds is 7. The second-order valence-electron chi connectivity index (χ2n) is 7.72. The molecule has 0 saturated carbocycles. The van der Waals surface area contributed by atoms with Gasteiger partial charge in [-0.25, -0.2) is 8.42 Å². The van der Waals surface area contributed by atoms with Crippen LogP contribution >= 0.6 is 23.2 Å². The number of H-pyrrole nitrogens is 1. The van der Waals surface area contributed by atoms with Gasteiger partial charge in [0.05, 0.1) is 26.1 Å². The minimum absolute atomic E-state index is 0.0698. The number of hydrogen-bond donors (Lipinski definition) is 2. The number of aromatic nitrogens is 1. The summed E-state index contributed by atoms with van der Waals surface area (Å²) < 4.78 is 35.0. The van der Waals surface area contributed by atoms with E-state index in [0.29, 0.717) is 39.0 Å². The van der Waals surface area contributed by atoms with E-state index < -0.39 is 10.0 Å². The highest BCUT2D eigenvalue weighted by molar-refractivity contribution is 7.92. The van der Waals surface area contributed by atoms with Crippen LogP contribution in [0.2, 0.25) is 10.0 Å². The van der Waals surface area contributed by atoms with Crippen molar-refractivity contribution in [3.63, 3.8) is 0 Å². The largest absolute Gasteiger partial charge is 0.489 e. The van der Waals surface area contributed by atoms with Gasteiger partial charge in [0.1, 0.15) is 12.4 Å². The van der Waals surface area contributed by atoms with Crippen molar-refractivity contribution in [1.82, 2.24) is 4.98 Å². The smallest absolute Gasteiger partial charge is 0.261 e. The Hall–Kier alpha value is -2.67. The molecule has 0 spiro atoms. The van der Waals surface area contributed by atoms with Crippen molar-refractivity contribution >= 4 is 49.8 Å². The van der Waals surface area contributed by atoms with Gasteiger partial charge >= 0.3 is 0 Å². The fourth-order valence-electron chi connectivity index (χ4n) is 3.47. The monoisotopic (exact) mass is 488 g/mol. The first-order valence-electron chi connectivity index (χ1n) is 10.0. The average Bonchev–Trinajstić information content (AvgIpc) is 3.17. The van der Waals surface area contributed by atoms with E-state index in [4.69, 9.17) is 27.9 Å². The number of aromatic amines is 1. The molecule has 4 aromatic rings. The molecular weight excluding hydrogens is 467 g/mol. The van der Waals surface area contributed by atoms with Gasteiger partial charge in [-0.3, -0.25) is 4.72 Å². The molecule has 2 N–H and O–H groups in total. The third kappa shape index (κ3) is 4.58. The molecule has 4 rings (SSSR count). The lowest BCUT2D eigenvalue weighted by atomic mass is 10.0. The predicted octanol–water partition coefficient (Wildman–Crippen LogP) is 6.98. The number of halogens is 2. The molecular formula is C24H22Cl2N2O3S. The van der Waals surface area contributed by atoms with Gasteiger partial charge < -0.3 is 9.72 Å². The average molecular weight is 489 g/mol. The molecule has 0 amide bonds. The minimum atomic E-state index is -3.86. The Morgan fingerprint density at radius 2 is 1.75 bits per heavy atom. The summed E-state index contributed by atoms with van der Waals surface area (Å²) in [5, 5.41) is 1.44. The van der Waals surface area contributed by atoms with E-state index in [-0.39, 0.29) is 10.8 Å². The Morgan fingerprint density at radius 1 is 1.00 bits per heavy atom. The van der Waals surface area contributed by atoms with Crippen molar-refractivity contribution in [3.05, 3.63) is 88.0 Å². The Morgan fingerprint density at radius 3 is 2.47 bits per heavy atom. The van der Waals surface area contributed by atoms with Gasteiger partial charge in [0.25, 0.3) is 10.0 Å². The Kier molecular flexibility index (Phi) is 6.38. The Labute approximate surface area is 197 Å². The van der Waals surface area contributed by atoms with Crippen molar-refractivity contribution in [2.75, 3.05) is 4.72 Å².